The maximum atomic E-state index is 11.1. The molecule has 0 aliphatic rings. The molecule has 0 heterocycles. The summed E-state index contributed by atoms with van der Waals surface area (Å²) in [5, 5.41) is 18.0. The second-order valence-corrected chi connectivity index (χ2v) is 3.62. The Morgan fingerprint density at radius 3 is 2.71 bits per heavy atom. The summed E-state index contributed by atoms with van der Waals surface area (Å²) in [6.45, 7) is 0. The molecule has 1 aromatic carbocycles. The molecule has 0 amide bonds. The lowest BCUT2D eigenvalue weighted by molar-refractivity contribution is 0.0600. The summed E-state index contributed by atoms with van der Waals surface area (Å²) < 4.78 is 5.00. The number of benzene rings is 1. The lowest BCUT2D eigenvalue weighted by Gasteiger charge is -2.03. The number of phenols is 1. The van der Waals surface area contributed by atoms with Crippen LogP contribution in [0.5, 0.6) is 5.75 Å². The number of hydrogen-bond donors (Lipinski definition) is 1. The molecule has 0 bridgehead atoms. The monoisotopic (exact) mass is 303 g/mol. The van der Waals surface area contributed by atoms with Crippen LogP contribution in [0.3, 0.4) is 0 Å². The van der Waals surface area contributed by atoms with Crippen LogP contribution < -0.4 is 0 Å². The van der Waals surface area contributed by atoms with E-state index in [1.165, 1.54) is 19.2 Å². The van der Waals surface area contributed by atoms with Crippen molar-refractivity contribution in [3.63, 3.8) is 0 Å². The second-order valence-electron chi connectivity index (χ2n) is 2.46. The lowest BCUT2D eigenvalue weighted by Crippen LogP contribution is -2.02. The van der Waals surface area contributed by atoms with Gasteiger partial charge in [0.05, 0.1) is 12.7 Å². The summed E-state index contributed by atoms with van der Waals surface area (Å²) in [5.41, 5.74) is 0.395. The number of halogens is 1. The molecule has 5 heteroatoms. The average Bonchev–Trinajstić information content (AvgIpc) is 2.16. The maximum Gasteiger partial charge on any atom is 0.338 e. The Hall–Kier alpha value is -1.29. The molecule has 0 radical (unpaired) electrons. The predicted molar refractivity (Wildman–Crippen MR) is 56.9 cm³/mol. The number of ether oxygens (including phenoxy) is 1. The van der Waals surface area contributed by atoms with Crippen molar-refractivity contribution < 1.29 is 14.6 Å². The van der Waals surface area contributed by atoms with Crippen molar-refractivity contribution in [1.82, 2.24) is 0 Å². The number of carbonyl (C=O) groups excluding carboxylic acids is 1. The standard InChI is InChI=1S/C9H6INO3/c1-14-9(13)5-2-7(10)6(4-11)8(12)3-5/h2-3,12H,1H3. The van der Waals surface area contributed by atoms with Gasteiger partial charge in [0.1, 0.15) is 17.4 Å². The lowest BCUT2D eigenvalue weighted by atomic mass is 10.1. The highest BCUT2D eigenvalue weighted by atomic mass is 127. The van der Waals surface area contributed by atoms with Crippen LogP contribution in [0, 0.1) is 14.9 Å². The molecule has 0 saturated heterocycles. The first-order chi connectivity index (χ1) is 6.60. The van der Waals surface area contributed by atoms with Gasteiger partial charge in [-0.25, -0.2) is 4.79 Å². The molecule has 0 aliphatic carbocycles. The highest BCUT2D eigenvalue weighted by molar-refractivity contribution is 14.1. The fourth-order valence-electron chi connectivity index (χ4n) is 0.939. The fourth-order valence-corrected chi connectivity index (χ4v) is 1.67. The van der Waals surface area contributed by atoms with Gasteiger partial charge in [-0.2, -0.15) is 5.26 Å². The van der Waals surface area contributed by atoms with E-state index in [2.05, 4.69) is 4.74 Å². The third kappa shape index (κ3) is 1.96. The van der Waals surface area contributed by atoms with Gasteiger partial charge in [-0.15, -0.1) is 0 Å². The Labute approximate surface area is 94.2 Å². The number of aromatic hydroxyl groups is 1. The van der Waals surface area contributed by atoms with Crippen LogP contribution in [0.1, 0.15) is 15.9 Å². The van der Waals surface area contributed by atoms with Gasteiger partial charge in [-0.1, -0.05) is 0 Å². The van der Waals surface area contributed by atoms with Crippen molar-refractivity contribution in [2.75, 3.05) is 7.11 Å². The molecule has 0 atom stereocenters. The van der Waals surface area contributed by atoms with Gasteiger partial charge in [0.15, 0.2) is 0 Å². The zero-order chi connectivity index (χ0) is 10.7. The van der Waals surface area contributed by atoms with Crippen molar-refractivity contribution in [1.29, 1.82) is 5.26 Å². The number of nitrogens with zero attached hydrogens (tertiary/aromatic N) is 1. The normalized spacial score (nSPS) is 9.21. The number of methoxy groups -OCH3 is 1. The molecule has 14 heavy (non-hydrogen) atoms. The van der Waals surface area contributed by atoms with Crippen molar-refractivity contribution in [3.05, 3.63) is 26.8 Å². The van der Waals surface area contributed by atoms with E-state index in [0.29, 0.717) is 3.57 Å². The molecule has 1 N–H and O–H groups in total. The molecule has 0 fully saturated rings. The van der Waals surface area contributed by atoms with Crippen molar-refractivity contribution in [3.8, 4) is 11.8 Å². The van der Waals surface area contributed by atoms with E-state index >= 15 is 0 Å². The summed E-state index contributed by atoms with van der Waals surface area (Å²) in [5.74, 6) is -0.748. The summed E-state index contributed by atoms with van der Waals surface area (Å²) in [7, 11) is 1.25. The molecule has 1 aromatic rings. The number of hydrogen-bond acceptors (Lipinski definition) is 4. The topological polar surface area (TPSA) is 70.3 Å². The number of rotatable bonds is 1. The molecular weight excluding hydrogens is 297 g/mol. The van der Waals surface area contributed by atoms with E-state index < -0.39 is 5.97 Å². The molecule has 0 aliphatic heterocycles. The smallest absolute Gasteiger partial charge is 0.338 e. The quantitative estimate of drug-likeness (QED) is 0.632. The van der Waals surface area contributed by atoms with Gasteiger partial charge in [0.2, 0.25) is 0 Å². The van der Waals surface area contributed by atoms with Crippen LogP contribution in [0.2, 0.25) is 0 Å². The third-order valence-corrected chi connectivity index (χ3v) is 2.45. The zero-order valence-electron chi connectivity index (χ0n) is 7.24. The van der Waals surface area contributed by atoms with E-state index in [1.807, 2.05) is 28.7 Å². The minimum absolute atomic E-state index is 0.165. The predicted octanol–water partition coefficient (Wildman–Crippen LogP) is 1.66. The van der Waals surface area contributed by atoms with E-state index in [9.17, 15) is 9.90 Å². The minimum Gasteiger partial charge on any atom is -0.507 e. The first-order valence-electron chi connectivity index (χ1n) is 3.61. The highest BCUT2D eigenvalue weighted by Crippen LogP contribution is 2.24. The Kier molecular flexibility index (Phi) is 3.30. The van der Waals surface area contributed by atoms with E-state index in [4.69, 9.17) is 5.26 Å². The van der Waals surface area contributed by atoms with Crippen molar-refractivity contribution >= 4 is 28.6 Å². The Bertz CT molecular complexity index is 400. The number of esters is 1. The third-order valence-electron chi connectivity index (χ3n) is 1.60. The first kappa shape index (κ1) is 10.8. The van der Waals surface area contributed by atoms with Gasteiger partial charge in [0, 0.05) is 3.57 Å². The Morgan fingerprint density at radius 2 is 2.29 bits per heavy atom. The molecule has 0 unspecified atom stereocenters. The van der Waals surface area contributed by atoms with Gasteiger partial charge >= 0.3 is 5.97 Å². The van der Waals surface area contributed by atoms with Crippen LogP contribution in [-0.4, -0.2) is 18.2 Å². The van der Waals surface area contributed by atoms with E-state index in [-0.39, 0.29) is 16.9 Å². The highest BCUT2D eigenvalue weighted by Gasteiger charge is 2.12. The first-order valence-corrected chi connectivity index (χ1v) is 4.69. The largest absolute Gasteiger partial charge is 0.507 e. The zero-order valence-corrected chi connectivity index (χ0v) is 9.40. The van der Waals surface area contributed by atoms with E-state index in [0.717, 1.165) is 0 Å². The molecular formula is C9H6INO3. The number of phenolic OH excluding ortho intramolecular Hbond substituents is 1. The van der Waals surface area contributed by atoms with Crippen LogP contribution >= 0.6 is 22.6 Å². The minimum atomic E-state index is -0.539. The SMILES string of the molecule is COC(=O)c1cc(O)c(C#N)c(I)c1. The maximum absolute atomic E-state index is 11.1. The summed E-state index contributed by atoms with van der Waals surface area (Å²) >= 11 is 1.87. The molecule has 0 saturated carbocycles. The van der Waals surface area contributed by atoms with Gasteiger partial charge in [0.25, 0.3) is 0 Å². The molecule has 1 rings (SSSR count). The van der Waals surface area contributed by atoms with E-state index in [1.54, 1.807) is 0 Å². The molecule has 4 nitrogen and oxygen atoms in total. The summed E-state index contributed by atoms with van der Waals surface area (Å²) in [6.07, 6.45) is 0. The molecule has 0 spiro atoms. The Morgan fingerprint density at radius 1 is 1.64 bits per heavy atom. The molecule has 0 aromatic heterocycles. The van der Waals surface area contributed by atoms with Crippen LogP contribution in [0.25, 0.3) is 0 Å². The number of nitriles is 1. The van der Waals surface area contributed by atoms with Gasteiger partial charge in [-0.05, 0) is 34.7 Å². The van der Waals surface area contributed by atoms with Gasteiger partial charge < -0.3 is 9.84 Å². The van der Waals surface area contributed by atoms with Gasteiger partial charge in [-0.3, -0.25) is 0 Å². The fraction of sp³-hybridized carbons (Fsp3) is 0.111. The van der Waals surface area contributed by atoms with Crippen LogP contribution in [0.4, 0.5) is 0 Å². The second kappa shape index (κ2) is 4.28. The molecule has 72 valence electrons. The van der Waals surface area contributed by atoms with Crippen molar-refractivity contribution in [2.24, 2.45) is 0 Å². The number of carbonyl (C=O) groups is 1. The summed E-state index contributed by atoms with van der Waals surface area (Å²) in [4.78, 5) is 11.1. The van der Waals surface area contributed by atoms with Crippen LogP contribution in [0.15, 0.2) is 12.1 Å². The Balaban J connectivity index is 3.29. The average molecular weight is 303 g/mol. The summed E-state index contributed by atoms with van der Waals surface area (Å²) in [6, 6.07) is 4.54. The van der Waals surface area contributed by atoms with Crippen LogP contribution in [-0.2, 0) is 4.74 Å². The van der Waals surface area contributed by atoms with Crippen molar-refractivity contribution in [2.45, 2.75) is 0 Å².